The zero-order valence-electron chi connectivity index (χ0n) is 14.2. The van der Waals surface area contributed by atoms with Crippen LogP contribution in [0, 0.1) is 0 Å². The Labute approximate surface area is 136 Å². The molecule has 0 bridgehead atoms. The number of fused-ring (bicyclic) bond motifs is 1. The SMILES string of the molecule is CC(C)(C)c1sc(C(C)(C)C)c2c(-c3ccccc3)noc12. The van der Waals surface area contributed by atoms with Crippen LogP contribution in [0.15, 0.2) is 34.9 Å². The highest BCUT2D eigenvalue weighted by Gasteiger charge is 2.32. The van der Waals surface area contributed by atoms with Gasteiger partial charge >= 0.3 is 0 Å². The van der Waals surface area contributed by atoms with Crippen LogP contribution in [0.5, 0.6) is 0 Å². The highest BCUT2D eigenvalue weighted by atomic mass is 32.1. The Balaban J connectivity index is 2.36. The summed E-state index contributed by atoms with van der Waals surface area (Å²) in [4.78, 5) is 2.63. The lowest BCUT2D eigenvalue weighted by Crippen LogP contribution is -2.10. The predicted molar refractivity (Wildman–Crippen MR) is 94.7 cm³/mol. The van der Waals surface area contributed by atoms with Gasteiger partial charge in [0.25, 0.3) is 0 Å². The lowest BCUT2D eigenvalue weighted by atomic mass is 9.89. The first kappa shape index (κ1) is 15.3. The summed E-state index contributed by atoms with van der Waals surface area (Å²) in [7, 11) is 0. The molecule has 0 spiro atoms. The van der Waals surface area contributed by atoms with Gasteiger partial charge in [0.15, 0.2) is 5.58 Å². The van der Waals surface area contributed by atoms with Crippen molar-refractivity contribution >= 4 is 22.3 Å². The Morgan fingerprint density at radius 2 is 1.45 bits per heavy atom. The Kier molecular flexibility index (Phi) is 3.44. The first-order valence-corrected chi connectivity index (χ1v) is 8.50. The minimum absolute atomic E-state index is 0.0555. The summed E-state index contributed by atoms with van der Waals surface area (Å²) in [6, 6.07) is 10.3. The van der Waals surface area contributed by atoms with Crippen molar-refractivity contribution in [3.63, 3.8) is 0 Å². The number of nitrogens with zero attached hydrogens (tertiary/aromatic N) is 1. The zero-order chi connectivity index (χ0) is 16.1. The van der Waals surface area contributed by atoms with Crippen LogP contribution in [0.1, 0.15) is 51.3 Å². The minimum Gasteiger partial charge on any atom is -0.354 e. The Hall–Kier alpha value is -1.61. The first-order valence-electron chi connectivity index (χ1n) is 7.68. The quantitative estimate of drug-likeness (QED) is 0.538. The van der Waals surface area contributed by atoms with E-state index >= 15 is 0 Å². The normalized spacial score (nSPS) is 13.0. The third-order valence-electron chi connectivity index (χ3n) is 3.74. The van der Waals surface area contributed by atoms with Crippen molar-refractivity contribution in [1.29, 1.82) is 0 Å². The Morgan fingerprint density at radius 3 is 2.00 bits per heavy atom. The molecule has 3 heteroatoms. The topological polar surface area (TPSA) is 26.0 Å². The molecule has 0 N–H and O–H groups in total. The van der Waals surface area contributed by atoms with Crippen LogP contribution in [0.2, 0.25) is 0 Å². The molecular formula is C19H23NOS. The smallest absolute Gasteiger partial charge is 0.182 e. The van der Waals surface area contributed by atoms with Crippen LogP contribution in [-0.4, -0.2) is 5.16 Å². The van der Waals surface area contributed by atoms with Gasteiger partial charge in [-0.3, -0.25) is 0 Å². The van der Waals surface area contributed by atoms with Crippen molar-refractivity contribution in [3.05, 3.63) is 40.1 Å². The van der Waals surface area contributed by atoms with Crippen molar-refractivity contribution in [2.45, 2.75) is 52.4 Å². The van der Waals surface area contributed by atoms with Crippen LogP contribution >= 0.6 is 11.3 Å². The summed E-state index contributed by atoms with van der Waals surface area (Å²) in [6.45, 7) is 13.5. The molecule has 0 aliphatic carbocycles. The van der Waals surface area contributed by atoms with Crippen molar-refractivity contribution < 1.29 is 4.52 Å². The largest absolute Gasteiger partial charge is 0.354 e. The summed E-state index contributed by atoms with van der Waals surface area (Å²) in [5.41, 5.74) is 3.17. The van der Waals surface area contributed by atoms with Gasteiger partial charge in [0.2, 0.25) is 0 Å². The van der Waals surface area contributed by atoms with Crippen molar-refractivity contribution in [3.8, 4) is 11.3 Å². The number of hydrogen-bond donors (Lipinski definition) is 0. The van der Waals surface area contributed by atoms with E-state index in [1.165, 1.54) is 15.1 Å². The Morgan fingerprint density at radius 1 is 0.864 bits per heavy atom. The second-order valence-corrected chi connectivity index (χ2v) is 8.88. The molecule has 116 valence electrons. The molecule has 0 saturated carbocycles. The summed E-state index contributed by atoms with van der Waals surface area (Å²) in [6.07, 6.45) is 0. The van der Waals surface area contributed by atoms with Gasteiger partial charge in [0.05, 0.1) is 10.3 Å². The maximum atomic E-state index is 5.80. The average molecular weight is 313 g/mol. The van der Waals surface area contributed by atoms with Gasteiger partial charge in [-0.25, -0.2) is 0 Å². The number of aromatic nitrogens is 1. The summed E-state index contributed by atoms with van der Waals surface area (Å²) >= 11 is 1.87. The highest BCUT2D eigenvalue weighted by Crippen LogP contribution is 2.47. The van der Waals surface area contributed by atoms with Crippen LogP contribution in [0.25, 0.3) is 22.2 Å². The fourth-order valence-corrected chi connectivity index (χ4v) is 4.01. The third-order valence-corrected chi connectivity index (χ3v) is 5.76. The molecule has 0 saturated heterocycles. The standard InChI is InChI=1S/C19H23NOS/c1-18(2,3)16-13-14(12-10-8-7-9-11-12)20-21-15(13)17(22-16)19(4,5)6/h7-11H,1-6H3. The van der Waals surface area contributed by atoms with Gasteiger partial charge in [0.1, 0.15) is 5.69 Å². The van der Waals surface area contributed by atoms with E-state index in [2.05, 4.69) is 58.8 Å². The predicted octanol–water partition coefficient (Wildman–Crippen LogP) is 6.15. The van der Waals surface area contributed by atoms with Gasteiger partial charge in [-0.05, 0) is 5.41 Å². The van der Waals surface area contributed by atoms with Gasteiger partial charge in [0, 0.05) is 15.9 Å². The zero-order valence-corrected chi connectivity index (χ0v) is 15.0. The van der Waals surface area contributed by atoms with Gasteiger partial charge in [-0.1, -0.05) is 77.0 Å². The lowest BCUT2D eigenvalue weighted by molar-refractivity contribution is 0.451. The molecule has 2 heterocycles. The second-order valence-electron chi connectivity index (χ2n) is 7.86. The second kappa shape index (κ2) is 4.95. The van der Waals surface area contributed by atoms with E-state index < -0.39 is 0 Å². The van der Waals surface area contributed by atoms with E-state index in [1.54, 1.807) is 0 Å². The molecule has 2 aromatic heterocycles. The van der Waals surface area contributed by atoms with Gasteiger partial charge < -0.3 is 4.52 Å². The first-order chi connectivity index (χ1) is 10.2. The fraction of sp³-hybridized carbons (Fsp3) is 0.421. The van der Waals surface area contributed by atoms with E-state index in [9.17, 15) is 0 Å². The van der Waals surface area contributed by atoms with Crippen LogP contribution in [0.3, 0.4) is 0 Å². The lowest BCUT2D eigenvalue weighted by Gasteiger charge is -2.18. The van der Waals surface area contributed by atoms with E-state index in [1.807, 2.05) is 29.5 Å². The van der Waals surface area contributed by atoms with E-state index in [0.29, 0.717) is 0 Å². The van der Waals surface area contributed by atoms with Crippen molar-refractivity contribution in [2.24, 2.45) is 0 Å². The molecule has 1 aromatic carbocycles. The molecule has 22 heavy (non-hydrogen) atoms. The molecule has 0 fully saturated rings. The molecular weight excluding hydrogens is 290 g/mol. The number of thiophene rings is 1. The average Bonchev–Trinajstić information content (AvgIpc) is 2.96. The monoisotopic (exact) mass is 313 g/mol. The minimum atomic E-state index is 0.0555. The molecule has 0 radical (unpaired) electrons. The van der Waals surface area contributed by atoms with Crippen LogP contribution in [0.4, 0.5) is 0 Å². The summed E-state index contributed by atoms with van der Waals surface area (Å²) in [5, 5.41) is 5.59. The molecule has 0 aliphatic heterocycles. The van der Waals surface area contributed by atoms with Gasteiger partial charge in [-0.2, -0.15) is 0 Å². The van der Waals surface area contributed by atoms with Crippen molar-refractivity contribution in [2.75, 3.05) is 0 Å². The third kappa shape index (κ3) is 2.48. The van der Waals surface area contributed by atoms with E-state index in [0.717, 1.165) is 16.8 Å². The van der Waals surface area contributed by atoms with Crippen molar-refractivity contribution in [1.82, 2.24) is 5.16 Å². The highest BCUT2D eigenvalue weighted by molar-refractivity contribution is 7.14. The maximum Gasteiger partial charge on any atom is 0.182 e. The van der Waals surface area contributed by atoms with Gasteiger partial charge in [-0.15, -0.1) is 11.3 Å². The number of rotatable bonds is 1. The summed E-state index contributed by atoms with van der Waals surface area (Å²) in [5.74, 6) is 0. The summed E-state index contributed by atoms with van der Waals surface area (Å²) < 4.78 is 5.80. The fourth-order valence-electron chi connectivity index (χ4n) is 2.67. The molecule has 3 rings (SSSR count). The number of benzene rings is 1. The molecule has 2 nitrogen and oxygen atoms in total. The molecule has 0 aliphatic rings. The molecule has 0 unspecified atom stereocenters. The van der Waals surface area contributed by atoms with E-state index in [4.69, 9.17) is 4.52 Å². The van der Waals surface area contributed by atoms with E-state index in [-0.39, 0.29) is 10.8 Å². The van der Waals surface area contributed by atoms with Crippen LogP contribution in [-0.2, 0) is 10.8 Å². The van der Waals surface area contributed by atoms with Crippen LogP contribution < -0.4 is 0 Å². The Bertz CT molecular complexity index is 798. The molecule has 0 atom stereocenters. The number of hydrogen-bond acceptors (Lipinski definition) is 3. The maximum absolute atomic E-state index is 5.80. The molecule has 0 amide bonds. The molecule has 3 aromatic rings.